The molecule has 0 bridgehead atoms. The summed E-state index contributed by atoms with van der Waals surface area (Å²) in [5.74, 6) is 0. The van der Waals surface area contributed by atoms with E-state index >= 15 is 0 Å². The normalized spacial score (nSPS) is 24.9. The van der Waals surface area contributed by atoms with Crippen LogP contribution in [-0.4, -0.2) is 18.6 Å². The minimum atomic E-state index is -0.0328. The molecule has 0 aliphatic heterocycles. The third-order valence-electron chi connectivity index (χ3n) is 3.70. The van der Waals surface area contributed by atoms with Crippen LogP contribution < -0.4 is 11.1 Å². The van der Waals surface area contributed by atoms with E-state index in [9.17, 15) is 0 Å². The summed E-state index contributed by atoms with van der Waals surface area (Å²) in [6.45, 7) is 8.75. The Kier molecular flexibility index (Phi) is 3.96. The van der Waals surface area contributed by atoms with Crippen LogP contribution in [0.3, 0.4) is 0 Å². The van der Waals surface area contributed by atoms with E-state index in [-0.39, 0.29) is 5.54 Å². The number of hydrogen-bond donors (Lipinski definition) is 2. The zero-order valence-electron chi connectivity index (χ0n) is 10.0. The zero-order valence-corrected chi connectivity index (χ0v) is 10.0. The van der Waals surface area contributed by atoms with E-state index in [2.05, 4.69) is 26.1 Å². The van der Waals surface area contributed by atoms with Crippen molar-refractivity contribution in [1.82, 2.24) is 5.32 Å². The Balaban J connectivity index is 2.20. The zero-order chi connectivity index (χ0) is 10.7. The fourth-order valence-electron chi connectivity index (χ4n) is 2.18. The van der Waals surface area contributed by atoms with Crippen molar-refractivity contribution in [2.45, 2.75) is 58.4 Å². The lowest BCUT2D eigenvalue weighted by Crippen LogP contribution is -2.47. The summed E-state index contributed by atoms with van der Waals surface area (Å²) in [7, 11) is 0. The molecular formula is C12H26N2. The van der Waals surface area contributed by atoms with Crippen LogP contribution in [0.5, 0.6) is 0 Å². The Labute approximate surface area is 88.6 Å². The molecule has 1 atom stereocenters. The van der Waals surface area contributed by atoms with Crippen LogP contribution >= 0.6 is 0 Å². The monoisotopic (exact) mass is 198 g/mol. The van der Waals surface area contributed by atoms with E-state index in [0.717, 1.165) is 19.5 Å². The highest BCUT2D eigenvalue weighted by atomic mass is 14.9. The molecule has 0 aromatic carbocycles. The molecule has 0 aromatic heterocycles. The van der Waals surface area contributed by atoms with Crippen molar-refractivity contribution in [2.24, 2.45) is 11.1 Å². The highest BCUT2D eigenvalue weighted by Gasteiger charge is 2.28. The van der Waals surface area contributed by atoms with Crippen LogP contribution in [0, 0.1) is 5.41 Å². The fourth-order valence-corrected chi connectivity index (χ4v) is 2.18. The van der Waals surface area contributed by atoms with Gasteiger partial charge in [0.15, 0.2) is 0 Å². The molecule has 84 valence electrons. The predicted molar refractivity (Wildman–Crippen MR) is 62.3 cm³/mol. The van der Waals surface area contributed by atoms with Crippen LogP contribution in [0.1, 0.15) is 52.9 Å². The second-order valence-corrected chi connectivity index (χ2v) is 5.63. The SMILES string of the molecule is CCC(C)(N)CNCC1(C)CCCC1. The molecule has 0 amide bonds. The number of rotatable bonds is 5. The van der Waals surface area contributed by atoms with Crippen molar-refractivity contribution in [3.05, 3.63) is 0 Å². The van der Waals surface area contributed by atoms with Crippen molar-refractivity contribution in [3.63, 3.8) is 0 Å². The van der Waals surface area contributed by atoms with Crippen LogP contribution in [-0.2, 0) is 0 Å². The smallest absolute Gasteiger partial charge is 0.0249 e. The summed E-state index contributed by atoms with van der Waals surface area (Å²) in [6.07, 6.45) is 6.62. The molecule has 0 saturated heterocycles. The van der Waals surface area contributed by atoms with E-state index < -0.39 is 0 Å². The summed E-state index contributed by atoms with van der Waals surface area (Å²) in [6, 6.07) is 0. The molecular weight excluding hydrogens is 172 g/mol. The van der Waals surface area contributed by atoms with E-state index in [4.69, 9.17) is 5.73 Å². The van der Waals surface area contributed by atoms with E-state index in [0.29, 0.717) is 5.41 Å². The molecule has 3 N–H and O–H groups in total. The van der Waals surface area contributed by atoms with Crippen LogP contribution in [0.15, 0.2) is 0 Å². The number of hydrogen-bond acceptors (Lipinski definition) is 2. The Morgan fingerprint density at radius 3 is 2.43 bits per heavy atom. The standard InChI is InChI=1S/C12H26N2/c1-4-12(3,13)10-14-9-11(2)7-5-6-8-11/h14H,4-10,13H2,1-3H3. The van der Waals surface area contributed by atoms with Crippen molar-refractivity contribution in [2.75, 3.05) is 13.1 Å². The minimum absolute atomic E-state index is 0.0328. The Hall–Kier alpha value is -0.0800. The maximum absolute atomic E-state index is 6.08. The third-order valence-corrected chi connectivity index (χ3v) is 3.70. The second kappa shape index (κ2) is 4.63. The molecule has 0 spiro atoms. The van der Waals surface area contributed by atoms with Crippen molar-refractivity contribution in [1.29, 1.82) is 0 Å². The molecule has 1 rings (SSSR count). The van der Waals surface area contributed by atoms with Crippen LogP contribution in [0.4, 0.5) is 0 Å². The number of nitrogens with one attached hydrogen (secondary N) is 1. The van der Waals surface area contributed by atoms with E-state index in [1.54, 1.807) is 0 Å². The molecule has 0 radical (unpaired) electrons. The van der Waals surface area contributed by atoms with Crippen molar-refractivity contribution < 1.29 is 0 Å². The topological polar surface area (TPSA) is 38.0 Å². The molecule has 2 nitrogen and oxygen atoms in total. The largest absolute Gasteiger partial charge is 0.324 e. The summed E-state index contributed by atoms with van der Waals surface area (Å²) in [4.78, 5) is 0. The Morgan fingerprint density at radius 1 is 1.36 bits per heavy atom. The summed E-state index contributed by atoms with van der Waals surface area (Å²) >= 11 is 0. The molecule has 1 fully saturated rings. The van der Waals surface area contributed by atoms with Gasteiger partial charge in [0.2, 0.25) is 0 Å². The van der Waals surface area contributed by atoms with Gasteiger partial charge in [0, 0.05) is 18.6 Å². The molecule has 0 aromatic rings. The van der Waals surface area contributed by atoms with Gasteiger partial charge in [-0.2, -0.15) is 0 Å². The Morgan fingerprint density at radius 2 is 1.93 bits per heavy atom. The van der Waals surface area contributed by atoms with Gasteiger partial charge in [-0.05, 0) is 31.6 Å². The van der Waals surface area contributed by atoms with Gasteiger partial charge in [-0.25, -0.2) is 0 Å². The van der Waals surface area contributed by atoms with E-state index in [1.807, 2.05) is 0 Å². The maximum atomic E-state index is 6.08. The van der Waals surface area contributed by atoms with Gasteiger partial charge in [-0.1, -0.05) is 26.7 Å². The average Bonchev–Trinajstić information content (AvgIpc) is 2.52. The second-order valence-electron chi connectivity index (χ2n) is 5.63. The van der Waals surface area contributed by atoms with Crippen molar-refractivity contribution >= 4 is 0 Å². The summed E-state index contributed by atoms with van der Waals surface area (Å²) in [5, 5.41) is 3.53. The van der Waals surface area contributed by atoms with Crippen molar-refractivity contribution in [3.8, 4) is 0 Å². The van der Waals surface area contributed by atoms with Gasteiger partial charge in [-0.3, -0.25) is 0 Å². The minimum Gasteiger partial charge on any atom is -0.324 e. The van der Waals surface area contributed by atoms with Gasteiger partial charge >= 0.3 is 0 Å². The molecule has 0 heterocycles. The molecule has 1 aliphatic carbocycles. The maximum Gasteiger partial charge on any atom is 0.0249 e. The first-order valence-electron chi connectivity index (χ1n) is 5.97. The first kappa shape index (κ1) is 12.0. The lowest BCUT2D eigenvalue weighted by atomic mass is 9.88. The quantitative estimate of drug-likeness (QED) is 0.711. The van der Waals surface area contributed by atoms with Gasteiger partial charge < -0.3 is 11.1 Å². The van der Waals surface area contributed by atoms with Gasteiger partial charge in [0.05, 0.1) is 0 Å². The molecule has 14 heavy (non-hydrogen) atoms. The summed E-state index contributed by atoms with van der Waals surface area (Å²) < 4.78 is 0. The highest BCUT2D eigenvalue weighted by molar-refractivity contribution is 4.85. The Bertz CT molecular complexity index is 169. The lowest BCUT2D eigenvalue weighted by Gasteiger charge is -2.28. The molecule has 1 aliphatic rings. The molecule has 1 saturated carbocycles. The van der Waals surface area contributed by atoms with Gasteiger partial charge in [0.25, 0.3) is 0 Å². The highest BCUT2D eigenvalue weighted by Crippen LogP contribution is 2.36. The average molecular weight is 198 g/mol. The van der Waals surface area contributed by atoms with Gasteiger partial charge in [-0.15, -0.1) is 0 Å². The first-order chi connectivity index (χ1) is 6.47. The van der Waals surface area contributed by atoms with E-state index in [1.165, 1.54) is 25.7 Å². The van der Waals surface area contributed by atoms with Gasteiger partial charge in [0.1, 0.15) is 0 Å². The summed E-state index contributed by atoms with van der Waals surface area (Å²) in [5.41, 5.74) is 6.59. The first-order valence-corrected chi connectivity index (χ1v) is 5.97. The predicted octanol–water partition coefficient (Wildman–Crippen LogP) is 2.28. The number of nitrogens with two attached hydrogens (primary N) is 1. The molecule has 2 heteroatoms. The fraction of sp³-hybridized carbons (Fsp3) is 1.00. The van der Waals surface area contributed by atoms with Crippen LogP contribution in [0.2, 0.25) is 0 Å². The molecule has 1 unspecified atom stereocenters. The lowest BCUT2D eigenvalue weighted by molar-refractivity contribution is 0.296. The van der Waals surface area contributed by atoms with Crippen LogP contribution in [0.25, 0.3) is 0 Å². The third kappa shape index (κ3) is 3.58.